The summed E-state index contributed by atoms with van der Waals surface area (Å²) in [5.74, 6) is -1.23. The summed E-state index contributed by atoms with van der Waals surface area (Å²) in [7, 11) is 3.78. The highest BCUT2D eigenvalue weighted by Crippen LogP contribution is 2.16. The molecule has 10 nitrogen and oxygen atoms in total. The van der Waals surface area contributed by atoms with Gasteiger partial charge in [0.25, 0.3) is 23.6 Å². The molecule has 0 radical (unpaired) electrons. The van der Waals surface area contributed by atoms with Gasteiger partial charge in [0.1, 0.15) is 14.1 Å². The number of nitrogens with one attached hydrogen (secondary N) is 4. The standard InChI is InChI=1S/C34H28N6O4/c1-39-19-15-29(16-20-39)37-33(43)25-7-11-27(12-8-25)35-31(41)23-3-5-24(6-4-23)32(42)36-28-13-9-26(10-14-28)34(44)38-30-17-21-40(2)22-18-30/h3-22H,1-2H3,(H2,35,36,41,42,43,44)/p+2. The minimum atomic E-state index is -0.357. The number of benzene rings is 3. The highest BCUT2D eigenvalue weighted by atomic mass is 16.2. The molecule has 4 amide bonds. The summed E-state index contributed by atoms with van der Waals surface area (Å²) in [6.07, 6.45) is 7.34. The van der Waals surface area contributed by atoms with Crippen molar-refractivity contribution in [3.63, 3.8) is 0 Å². The lowest BCUT2D eigenvalue weighted by atomic mass is 10.1. The zero-order valence-electron chi connectivity index (χ0n) is 24.1. The maximum atomic E-state index is 12.8. The van der Waals surface area contributed by atoms with Gasteiger partial charge in [-0.1, -0.05) is 0 Å². The van der Waals surface area contributed by atoms with Crippen molar-refractivity contribution < 1.29 is 28.3 Å². The van der Waals surface area contributed by atoms with Crippen LogP contribution in [-0.2, 0) is 14.1 Å². The number of nitrogens with zero attached hydrogens (tertiary/aromatic N) is 2. The predicted octanol–water partition coefficient (Wildman–Crippen LogP) is 4.34. The van der Waals surface area contributed by atoms with Crippen LogP contribution in [0.25, 0.3) is 0 Å². The molecule has 4 N–H and O–H groups in total. The van der Waals surface area contributed by atoms with Crippen molar-refractivity contribution in [1.29, 1.82) is 0 Å². The first-order chi connectivity index (χ1) is 21.2. The van der Waals surface area contributed by atoms with Crippen LogP contribution < -0.4 is 30.4 Å². The number of pyridine rings is 2. The smallest absolute Gasteiger partial charge is 0.255 e. The van der Waals surface area contributed by atoms with Gasteiger partial charge in [-0.3, -0.25) is 19.2 Å². The lowest BCUT2D eigenvalue weighted by molar-refractivity contribution is -0.671. The molecule has 218 valence electrons. The molecule has 0 saturated heterocycles. The summed E-state index contributed by atoms with van der Waals surface area (Å²) in [6, 6.07) is 26.5. The number of carbonyl (C=O) groups excluding carboxylic acids is 4. The van der Waals surface area contributed by atoms with Crippen LogP contribution in [0.2, 0.25) is 0 Å². The van der Waals surface area contributed by atoms with Crippen LogP contribution >= 0.6 is 0 Å². The van der Waals surface area contributed by atoms with Crippen LogP contribution in [0.5, 0.6) is 0 Å². The third kappa shape index (κ3) is 7.56. The number of aryl methyl sites for hydroxylation is 2. The van der Waals surface area contributed by atoms with Crippen molar-refractivity contribution in [2.75, 3.05) is 21.3 Å². The summed E-state index contributed by atoms with van der Waals surface area (Å²) in [5.41, 5.74) is 4.03. The zero-order chi connectivity index (χ0) is 31.1. The molecule has 44 heavy (non-hydrogen) atoms. The van der Waals surface area contributed by atoms with E-state index in [0.717, 1.165) is 0 Å². The van der Waals surface area contributed by atoms with E-state index in [1.54, 1.807) is 97.1 Å². The third-order valence-electron chi connectivity index (χ3n) is 6.69. The molecule has 0 fully saturated rings. The Bertz CT molecular complexity index is 1670. The maximum absolute atomic E-state index is 12.8. The summed E-state index contributed by atoms with van der Waals surface area (Å²) in [6.45, 7) is 0. The molecule has 2 aromatic heterocycles. The fraction of sp³-hybridized carbons (Fsp3) is 0.0588. The summed E-state index contributed by atoms with van der Waals surface area (Å²) < 4.78 is 3.73. The highest BCUT2D eigenvalue weighted by Gasteiger charge is 2.12. The summed E-state index contributed by atoms with van der Waals surface area (Å²) >= 11 is 0. The predicted molar refractivity (Wildman–Crippen MR) is 166 cm³/mol. The van der Waals surface area contributed by atoms with E-state index < -0.39 is 0 Å². The van der Waals surface area contributed by atoms with Crippen LogP contribution in [0.4, 0.5) is 22.7 Å². The average molecular weight is 587 g/mol. The number of anilines is 4. The fourth-order valence-electron chi connectivity index (χ4n) is 4.16. The van der Waals surface area contributed by atoms with Gasteiger partial charge in [-0.15, -0.1) is 0 Å². The summed E-state index contributed by atoms with van der Waals surface area (Å²) in [5, 5.41) is 11.2. The first-order valence-corrected chi connectivity index (χ1v) is 13.7. The van der Waals surface area contributed by atoms with Gasteiger partial charge >= 0.3 is 0 Å². The van der Waals surface area contributed by atoms with Crippen LogP contribution in [0.1, 0.15) is 41.4 Å². The highest BCUT2D eigenvalue weighted by molar-refractivity contribution is 6.08. The molecule has 0 aliphatic heterocycles. The van der Waals surface area contributed by atoms with Crippen molar-refractivity contribution in [1.82, 2.24) is 0 Å². The van der Waals surface area contributed by atoms with E-state index in [2.05, 4.69) is 21.3 Å². The topological polar surface area (TPSA) is 124 Å². The van der Waals surface area contributed by atoms with E-state index in [1.807, 2.05) is 48.0 Å². The van der Waals surface area contributed by atoms with Gasteiger partial charge in [0.15, 0.2) is 24.8 Å². The van der Waals surface area contributed by atoms with Crippen molar-refractivity contribution in [2.24, 2.45) is 14.1 Å². The molecule has 0 aliphatic carbocycles. The molecule has 2 heterocycles. The lowest BCUT2D eigenvalue weighted by Gasteiger charge is -2.09. The normalized spacial score (nSPS) is 10.4. The number of rotatable bonds is 8. The van der Waals surface area contributed by atoms with E-state index in [-0.39, 0.29) is 23.6 Å². The van der Waals surface area contributed by atoms with Gasteiger partial charge in [0.2, 0.25) is 0 Å². The number of hydrogen-bond acceptors (Lipinski definition) is 4. The molecule has 0 unspecified atom stereocenters. The molecule has 5 rings (SSSR count). The number of amides is 4. The van der Waals surface area contributed by atoms with E-state index >= 15 is 0 Å². The Morgan fingerprint density at radius 3 is 0.818 bits per heavy atom. The molecular formula is C34H30N6O4+2. The van der Waals surface area contributed by atoms with Gasteiger partial charge in [-0.2, -0.15) is 0 Å². The third-order valence-corrected chi connectivity index (χ3v) is 6.69. The van der Waals surface area contributed by atoms with Crippen molar-refractivity contribution in [2.45, 2.75) is 0 Å². The lowest BCUT2D eigenvalue weighted by Crippen LogP contribution is -2.26. The number of carbonyl (C=O) groups is 4. The van der Waals surface area contributed by atoms with Crippen molar-refractivity contribution in [3.8, 4) is 0 Å². The monoisotopic (exact) mass is 586 g/mol. The summed E-state index contributed by atoms with van der Waals surface area (Å²) in [4.78, 5) is 50.6. The van der Waals surface area contributed by atoms with Gasteiger partial charge < -0.3 is 21.3 Å². The molecule has 0 bridgehead atoms. The van der Waals surface area contributed by atoms with Gasteiger partial charge in [-0.05, 0) is 72.8 Å². The number of hydrogen-bond donors (Lipinski definition) is 4. The Balaban J connectivity index is 1.13. The molecule has 3 aromatic carbocycles. The molecule has 0 spiro atoms. The second kappa shape index (κ2) is 13.2. The van der Waals surface area contributed by atoms with Crippen LogP contribution in [0.3, 0.4) is 0 Å². The Labute approximate surface area is 254 Å². The second-order valence-electron chi connectivity index (χ2n) is 10.1. The van der Waals surface area contributed by atoms with E-state index in [4.69, 9.17) is 0 Å². The molecule has 0 atom stereocenters. The Morgan fingerprint density at radius 1 is 0.364 bits per heavy atom. The van der Waals surface area contributed by atoms with Gasteiger partial charge in [0, 0.05) is 57.9 Å². The first-order valence-electron chi connectivity index (χ1n) is 13.7. The van der Waals surface area contributed by atoms with Gasteiger partial charge in [-0.25, -0.2) is 9.13 Å². The van der Waals surface area contributed by atoms with Crippen LogP contribution in [0.15, 0.2) is 122 Å². The van der Waals surface area contributed by atoms with Crippen LogP contribution in [0, 0.1) is 0 Å². The first kappa shape index (κ1) is 29.3. The molecule has 0 aliphatic rings. The minimum absolute atomic E-state index is 0.260. The van der Waals surface area contributed by atoms with Crippen molar-refractivity contribution >= 4 is 46.4 Å². The minimum Gasteiger partial charge on any atom is -0.322 e. The molecule has 5 aromatic rings. The van der Waals surface area contributed by atoms with E-state index in [9.17, 15) is 19.2 Å². The molecular weight excluding hydrogens is 556 g/mol. The Morgan fingerprint density at radius 2 is 0.568 bits per heavy atom. The molecule has 0 saturated carbocycles. The van der Waals surface area contributed by atoms with Crippen molar-refractivity contribution in [3.05, 3.63) is 144 Å². The Kier molecular flexibility index (Phi) is 8.81. The fourth-order valence-corrected chi connectivity index (χ4v) is 4.16. The number of aromatic nitrogens is 2. The van der Waals surface area contributed by atoms with Gasteiger partial charge in [0.05, 0.1) is 11.4 Å². The Hall–Kier alpha value is -6.16. The zero-order valence-corrected chi connectivity index (χ0v) is 24.1. The van der Waals surface area contributed by atoms with E-state index in [0.29, 0.717) is 45.0 Å². The largest absolute Gasteiger partial charge is 0.322 e. The quantitative estimate of drug-likeness (QED) is 0.202. The van der Waals surface area contributed by atoms with Crippen LogP contribution in [-0.4, -0.2) is 23.6 Å². The maximum Gasteiger partial charge on any atom is 0.255 e. The SMILES string of the molecule is C[n+]1ccc(NC(=O)c2ccc(NC(=O)c3ccc(C(=O)Nc4ccc(C(=O)Nc5cc[n+](C)cc5)cc4)cc3)cc2)cc1. The second-order valence-corrected chi connectivity index (χ2v) is 10.1. The average Bonchev–Trinajstić information content (AvgIpc) is 3.04. The van der Waals surface area contributed by atoms with E-state index in [1.165, 1.54) is 0 Å². The molecule has 10 heteroatoms.